The van der Waals surface area contributed by atoms with Crippen molar-refractivity contribution in [1.29, 1.82) is 0 Å². The zero-order valence-corrected chi connectivity index (χ0v) is 22.0. The van der Waals surface area contributed by atoms with Crippen LogP contribution in [-0.4, -0.2) is 43.4 Å². The maximum atomic E-state index is 14.9. The Labute approximate surface area is 221 Å². The highest BCUT2D eigenvalue weighted by Gasteiger charge is 2.41. The van der Waals surface area contributed by atoms with Gasteiger partial charge < -0.3 is 10.0 Å². The highest BCUT2D eigenvalue weighted by molar-refractivity contribution is 7.89. The number of halogens is 2. The van der Waals surface area contributed by atoms with E-state index in [4.69, 9.17) is 11.6 Å². The van der Waals surface area contributed by atoms with Gasteiger partial charge in [0, 0.05) is 36.4 Å². The second-order valence-electron chi connectivity index (χ2n) is 9.73. The summed E-state index contributed by atoms with van der Waals surface area (Å²) in [5.74, 6) is -1.69. The number of anilines is 2. The molecule has 1 aliphatic heterocycles. The monoisotopic (exact) mass is 542 g/mol. The van der Waals surface area contributed by atoms with Crippen LogP contribution in [0.2, 0.25) is 5.02 Å². The van der Waals surface area contributed by atoms with Crippen LogP contribution >= 0.6 is 11.6 Å². The third-order valence-electron chi connectivity index (χ3n) is 7.60. The van der Waals surface area contributed by atoms with Gasteiger partial charge >= 0.3 is 5.97 Å². The first-order valence-corrected chi connectivity index (χ1v) is 14.2. The van der Waals surface area contributed by atoms with Crippen molar-refractivity contribution in [2.24, 2.45) is 5.92 Å². The van der Waals surface area contributed by atoms with Gasteiger partial charge in [-0.05, 0) is 61.2 Å². The molecular formula is C28H28ClFN2O4S. The van der Waals surface area contributed by atoms with Crippen LogP contribution in [0, 0.1) is 11.7 Å². The summed E-state index contributed by atoms with van der Waals surface area (Å²) >= 11 is 6.67. The van der Waals surface area contributed by atoms with E-state index in [1.54, 1.807) is 13.1 Å². The van der Waals surface area contributed by atoms with Gasteiger partial charge in [-0.15, -0.1) is 0 Å². The number of carbonyl (C=O) groups is 1. The van der Waals surface area contributed by atoms with Crippen molar-refractivity contribution in [3.63, 3.8) is 0 Å². The first-order valence-electron chi connectivity index (χ1n) is 12.4. The molecule has 37 heavy (non-hydrogen) atoms. The summed E-state index contributed by atoms with van der Waals surface area (Å²) in [6.45, 7) is 0.454. The lowest BCUT2D eigenvalue weighted by molar-refractivity contribution is 0.0697. The van der Waals surface area contributed by atoms with E-state index in [1.165, 1.54) is 16.4 Å². The topological polar surface area (TPSA) is 77.9 Å². The molecule has 1 heterocycles. The van der Waals surface area contributed by atoms with Gasteiger partial charge in [0.25, 0.3) is 0 Å². The highest BCUT2D eigenvalue weighted by atomic mass is 35.5. The summed E-state index contributed by atoms with van der Waals surface area (Å²) in [4.78, 5) is 13.5. The number of para-hydroxylation sites is 1. The first kappa shape index (κ1) is 25.7. The van der Waals surface area contributed by atoms with Gasteiger partial charge in [0.15, 0.2) is 0 Å². The summed E-state index contributed by atoms with van der Waals surface area (Å²) in [7, 11) is -2.37. The van der Waals surface area contributed by atoms with Crippen molar-refractivity contribution >= 4 is 39.0 Å². The number of sulfonamides is 1. The summed E-state index contributed by atoms with van der Waals surface area (Å²) < 4.78 is 44.5. The molecule has 3 aromatic rings. The van der Waals surface area contributed by atoms with E-state index in [2.05, 4.69) is 0 Å². The average molecular weight is 543 g/mol. The smallest absolute Gasteiger partial charge is 0.335 e. The van der Waals surface area contributed by atoms with Crippen LogP contribution in [0.25, 0.3) is 11.1 Å². The van der Waals surface area contributed by atoms with Gasteiger partial charge in [0.2, 0.25) is 10.0 Å². The van der Waals surface area contributed by atoms with Crippen molar-refractivity contribution < 1.29 is 22.7 Å². The van der Waals surface area contributed by atoms with Crippen LogP contribution in [0.1, 0.15) is 42.5 Å². The average Bonchev–Trinajstić information content (AvgIpc) is 2.97. The molecule has 2 aliphatic rings. The molecule has 1 aliphatic carbocycles. The number of aromatic carboxylic acids is 1. The third-order valence-corrected chi connectivity index (χ3v) is 9.82. The number of fused-ring (bicyclic) bond motifs is 1. The Balaban J connectivity index is 1.73. The zero-order valence-electron chi connectivity index (χ0n) is 20.4. The molecular weight excluding hydrogens is 515 g/mol. The molecule has 6 nitrogen and oxygen atoms in total. The summed E-state index contributed by atoms with van der Waals surface area (Å²) in [5, 5.41) is 9.55. The van der Waals surface area contributed by atoms with Crippen molar-refractivity contribution in [2.75, 3.05) is 18.5 Å². The van der Waals surface area contributed by atoms with Crippen LogP contribution in [0.3, 0.4) is 0 Å². The molecule has 0 unspecified atom stereocenters. The lowest BCUT2D eigenvalue weighted by Gasteiger charge is -2.36. The Morgan fingerprint density at radius 3 is 2.38 bits per heavy atom. The Kier molecular flexibility index (Phi) is 7.00. The molecule has 0 spiro atoms. The van der Waals surface area contributed by atoms with E-state index in [-0.39, 0.29) is 38.6 Å². The minimum absolute atomic E-state index is 0.0108. The van der Waals surface area contributed by atoms with Gasteiger partial charge in [-0.3, -0.25) is 0 Å². The van der Waals surface area contributed by atoms with Crippen LogP contribution in [0.4, 0.5) is 15.8 Å². The molecule has 1 N–H and O–H groups in total. The first-order chi connectivity index (χ1) is 17.7. The van der Waals surface area contributed by atoms with Crippen LogP contribution < -0.4 is 4.90 Å². The van der Waals surface area contributed by atoms with Crippen molar-refractivity contribution in [3.05, 3.63) is 77.1 Å². The number of nitrogens with zero attached hydrogens (tertiary/aromatic N) is 2. The number of hydrogen-bond donors (Lipinski definition) is 1. The molecule has 0 aromatic heterocycles. The standard InChI is InChI=1S/C28H28ClFN2O4S/c1-31-26(18-8-4-2-5-9-18)17-32(20-10-6-3-7-11-20)25-16-23(29)21(15-27(25)37(31,35)36)22-14-19(28(33)34)12-13-24(22)30/h3,6-7,10-16,18,26H,2,4-5,8-9,17H2,1H3,(H,33,34)/t26-/m0/s1. The molecule has 1 fully saturated rings. The molecule has 1 saturated carbocycles. The van der Waals surface area contributed by atoms with Gasteiger partial charge in [-0.2, -0.15) is 4.31 Å². The number of carboxylic acid groups (broad SMARTS) is 1. The number of likely N-dealkylation sites (N-methyl/N-ethyl adjacent to an activating group) is 1. The maximum absolute atomic E-state index is 14.9. The maximum Gasteiger partial charge on any atom is 0.335 e. The number of rotatable bonds is 4. The van der Waals surface area contributed by atoms with E-state index >= 15 is 0 Å². The third kappa shape index (κ3) is 4.74. The fraction of sp³-hybridized carbons (Fsp3) is 0.321. The molecule has 194 valence electrons. The van der Waals surface area contributed by atoms with Crippen LogP contribution in [-0.2, 0) is 10.0 Å². The Morgan fingerprint density at radius 1 is 1.00 bits per heavy atom. The van der Waals surface area contributed by atoms with Crippen molar-refractivity contribution in [3.8, 4) is 11.1 Å². The van der Waals surface area contributed by atoms with Crippen molar-refractivity contribution in [1.82, 2.24) is 4.31 Å². The lowest BCUT2D eigenvalue weighted by Crippen LogP contribution is -2.46. The second kappa shape index (κ2) is 10.1. The number of carboxylic acids is 1. The van der Waals surface area contributed by atoms with E-state index in [9.17, 15) is 22.7 Å². The summed E-state index contributed by atoms with van der Waals surface area (Å²) in [6, 6.07) is 15.6. The quantitative estimate of drug-likeness (QED) is 0.403. The van der Waals surface area contributed by atoms with Crippen LogP contribution in [0.5, 0.6) is 0 Å². The minimum atomic E-state index is -3.99. The van der Waals surface area contributed by atoms with Crippen molar-refractivity contribution in [2.45, 2.75) is 43.0 Å². The van der Waals surface area contributed by atoms with E-state index < -0.39 is 21.8 Å². The molecule has 9 heteroatoms. The molecule has 0 saturated heterocycles. The summed E-state index contributed by atoms with van der Waals surface area (Å²) in [6.07, 6.45) is 5.22. The van der Waals surface area contributed by atoms with E-state index in [0.29, 0.717) is 12.2 Å². The molecule has 0 bridgehead atoms. The largest absolute Gasteiger partial charge is 0.478 e. The predicted molar refractivity (Wildman–Crippen MR) is 143 cm³/mol. The second-order valence-corrected chi connectivity index (χ2v) is 12.1. The van der Waals surface area contributed by atoms with Gasteiger partial charge in [-0.1, -0.05) is 49.1 Å². The van der Waals surface area contributed by atoms with Gasteiger partial charge in [-0.25, -0.2) is 17.6 Å². The molecule has 5 rings (SSSR count). The predicted octanol–water partition coefficient (Wildman–Crippen LogP) is 6.57. The van der Waals surface area contributed by atoms with E-state index in [0.717, 1.165) is 49.9 Å². The normalized spacial score (nSPS) is 20.3. The Bertz CT molecular complexity index is 1440. The minimum Gasteiger partial charge on any atom is -0.478 e. The van der Waals surface area contributed by atoms with Crippen LogP contribution in [0.15, 0.2) is 65.6 Å². The van der Waals surface area contributed by atoms with Gasteiger partial charge in [0.1, 0.15) is 10.7 Å². The Morgan fingerprint density at radius 2 is 1.70 bits per heavy atom. The lowest BCUT2D eigenvalue weighted by atomic mass is 9.83. The molecule has 0 amide bonds. The number of benzene rings is 3. The molecule has 0 radical (unpaired) electrons. The molecule has 3 aromatic carbocycles. The summed E-state index contributed by atoms with van der Waals surface area (Å²) in [5.41, 5.74) is 1.19. The highest BCUT2D eigenvalue weighted by Crippen LogP contribution is 2.45. The Hall–Kier alpha value is -2.94. The zero-order chi connectivity index (χ0) is 26.3. The number of hydrogen-bond acceptors (Lipinski definition) is 4. The fourth-order valence-corrected chi connectivity index (χ4v) is 7.45. The fourth-order valence-electron chi connectivity index (χ4n) is 5.58. The van der Waals surface area contributed by atoms with E-state index in [1.807, 2.05) is 35.2 Å². The SMILES string of the molecule is CN1[C@H](C2CCCCC2)CN(c2ccccc2)c2cc(Cl)c(-c3cc(C(=O)O)ccc3F)cc2S1(=O)=O. The molecule has 1 atom stereocenters. The van der Waals surface area contributed by atoms with Gasteiger partial charge in [0.05, 0.1) is 16.3 Å².